The zero-order chi connectivity index (χ0) is 17.7. The fraction of sp³-hybridized carbons (Fsp3) is 0.294. The third kappa shape index (κ3) is 4.16. The average Bonchev–Trinajstić information content (AvgIpc) is 2.53. The minimum Gasteiger partial charge on any atom is -0.507 e. The molecule has 4 nitrogen and oxygen atoms in total. The van der Waals surface area contributed by atoms with Gasteiger partial charge in [-0.05, 0) is 17.4 Å². The molecule has 1 amide bonds. The quantitative estimate of drug-likeness (QED) is 0.878. The summed E-state index contributed by atoms with van der Waals surface area (Å²) in [5, 5.41) is 21.9. The number of phenols is 1. The molecule has 0 aliphatic heterocycles. The van der Waals surface area contributed by atoms with E-state index in [1.54, 1.807) is 24.3 Å². The smallest absolute Gasteiger partial charge is 0.409 e. The Morgan fingerprint density at radius 3 is 2.62 bits per heavy atom. The zero-order valence-electron chi connectivity index (χ0n) is 12.6. The summed E-state index contributed by atoms with van der Waals surface area (Å²) >= 11 is 0. The number of amides is 1. The lowest BCUT2D eigenvalue weighted by molar-refractivity contribution is -0.160. The van der Waals surface area contributed by atoms with Crippen molar-refractivity contribution in [2.75, 3.05) is 0 Å². The Hall–Kier alpha value is -2.75. The number of phenolic OH excluding ortho intramolecular Hbond substituents is 1. The number of hydrogen-bond acceptors (Lipinski definition) is 3. The number of benzene rings is 2. The molecule has 126 valence electrons. The van der Waals surface area contributed by atoms with Crippen molar-refractivity contribution in [2.24, 2.45) is 0 Å². The lowest BCUT2D eigenvalue weighted by atomic mass is 10.0. The first-order valence-electron chi connectivity index (χ1n) is 7.25. The molecule has 2 aromatic rings. The van der Waals surface area contributed by atoms with Crippen molar-refractivity contribution in [3.8, 4) is 11.8 Å². The van der Waals surface area contributed by atoms with Crippen LogP contribution in [0.15, 0.2) is 36.4 Å². The largest absolute Gasteiger partial charge is 0.507 e. The monoisotopic (exact) mass is 336 g/mol. The molecular weight excluding hydrogens is 321 g/mol. The number of rotatable bonds is 5. The minimum atomic E-state index is -4.67. The molecule has 0 spiro atoms. The Kier molecular flexibility index (Phi) is 5.29. The predicted molar refractivity (Wildman–Crippen MR) is 82.1 cm³/mol. The first-order valence-corrected chi connectivity index (χ1v) is 7.25. The summed E-state index contributed by atoms with van der Waals surface area (Å²) in [6, 6.07) is 9.77. The molecule has 2 aromatic carbocycles. The fourth-order valence-electron chi connectivity index (χ4n) is 2.36. The van der Waals surface area contributed by atoms with E-state index >= 15 is 0 Å². The van der Waals surface area contributed by atoms with Gasteiger partial charge < -0.3 is 10.4 Å². The van der Waals surface area contributed by atoms with Crippen molar-refractivity contribution in [1.82, 2.24) is 5.32 Å². The van der Waals surface area contributed by atoms with Gasteiger partial charge in [-0.1, -0.05) is 36.4 Å². The topological polar surface area (TPSA) is 73.1 Å². The Balaban J connectivity index is 2.04. The molecule has 0 fully saturated rings. The molecule has 0 bridgehead atoms. The second-order valence-electron chi connectivity index (χ2n) is 5.32. The van der Waals surface area contributed by atoms with Gasteiger partial charge >= 0.3 is 6.18 Å². The maximum Gasteiger partial charge on any atom is 0.409 e. The number of halogens is 3. The maximum absolute atomic E-state index is 12.7. The Bertz CT molecular complexity index is 781. The molecule has 0 aromatic heterocycles. The number of aromatic hydroxyl groups is 1. The number of fused-ring (bicyclic) bond motifs is 1. The van der Waals surface area contributed by atoms with Gasteiger partial charge in [-0.15, -0.1) is 0 Å². The van der Waals surface area contributed by atoms with Crippen molar-refractivity contribution in [2.45, 2.75) is 31.5 Å². The SMILES string of the molecule is N#CCC(NC(=O)CCc1ccc2ccccc2c1O)C(F)(F)F. The molecule has 0 saturated heterocycles. The second kappa shape index (κ2) is 7.21. The molecule has 2 N–H and O–H groups in total. The van der Waals surface area contributed by atoms with E-state index in [9.17, 15) is 23.1 Å². The van der Waals surface area contributed by atoms with Crippen LogP contribution in [0, 0.1) is 11.3 Å². The molecule has 0 radical (unpaired) electrons. The molecule has 1 unspecified atom stereocenters. The number of hydrogen-bond donors (Lipinski definition) is 2. The Morgan fingerprint density at radius 2 is 1.96 bits per heavy atom. The van der Waals surface area contributed by atoms with Crippen LogP contribution in [-0.4, -0.2) is 23.2 Å². The normalized spacial score (nSPS) is 12.6. The number of nitrogens with one attached hydrogen (secondary N) is 1. The van der Waals surface area contributed by atoms with Crippen molar-refractivity contribution < 1.29 is 23.1 Å². The molecular formula is C17H15F3N2O2. The molecule has 0 heterocycles. The molecule has 7 heteroatoms. The highest BCUT2D eigenvalue weighted by Gasteiger charge is 2.40. The van der Waals surface area contributed by atoms with Crippen molar-refractivity contribution in [1.29, 1.82) is 5.26 Å². The molecule has 2 rings (SSSR count). The van der Waals surface area contributed by atoms with Crippen LogP contribution in [0.2, 0.25) is 0 Å². The number of nitriles is 1. The summed E-state index contributed by atoms with van der Waals surface area (Å²) < 4.78 is 38.0. The van der Waals surface area contributed by atoms with E-state index in [2.05, 4.69) is 0 Å². The first-order chi connectivity index (χ1) is 11.3. The van der Waals surface area contributed by atoms with Crippen LogP contribution in [0.5, 0.6) is 5.75 Å². The van der Waals surface area contributed by atoms with Gasteiger partial charge in [0.15, 0.2) is 0 Å². The first kappa shape index (κ1) is 17.6. The summed E-state index contributed by atoms with van der Waals surface area (Å²) in [5.41, 5.74) is 0.479. The van der Waals surface area contributed by atoms with Gasteiger partial charge in [0, 0.05) is 11.8 Å². The number of nitrogens with zero attached hydrogens (tertiary/aromatic N) is 1. The van der Waals surface area contributed by atoms with E-state index in [1.165, 1.54) is 6.07 Å². The summed E-state index contributed by atoms with van der Waals surface area (Å²) in [6.45, 7) is 0. The van der Waals surface area contributed by atoms with Crippen molar-refractivity contribution >= 4 is 16.7 Å². The summed E-state index contributed by atoms with van der Waals surface area (Å²) in [7, 11) is 0. The minimum absolute atomic E-state index is 0.0188. The van der Waals surface area contributed by atoms with E-state index in [0.29, 0.717) is 10.9 Å². The van der Waals surface area contributed by atoms with Crippen molar-refractivity contribution in [3.63, 3.8) is 0 Å². The third-order valence-electron chi connectivity index (χ3n) is 3.63. The lowest BCUT2D eigenvalue weighted by Gasteiger charge is -2.19. The standard InChI is InChI=1S/C17H15F3N2O2/c18-17(19,20)14(9-10-21)22-15(23)8-7-12-6-5-11-3-1-2-4-13(11)16(12)24/h1-6,14,24H,7-9H2,(H,22,23). The van der Waals surface area contributed by atoms with Crippen LogP contribution in [0.3, 0.4) is 0 Å². The highest BCUT2D eigenvalue weighted by Crippen LogP contribution is 2.29. The van der Waals surface area contributed by atoms with Gasteiger partial charge in [-0.3, -0.25) is 4.79 Å². The summed E-state index contributed by atoms with van der Waals surface area (Å²) in [5.74, 6) is -0.801. The van der Waals surface area contributed by atoms with Crippen LogP contribution >= 0.6 is 0 Å². The van der Waals surface area contributed by atoms with E-state index in [1.807, 2.05) is 17.4 Å². The zero-order valence-corrected chi connectivity index (χ0v) is 12.6. The van der Waals surface area contributed by atoms with Crippen LogP contribution in [-0.2, 0) is 11.2 Å². The van der Waals surface area contributed by atoms with E-state index < -0.39 is 24.5 Å². The highest BCUT2D eigenvalue weighted by atomic mass is 19.4. The van der Waals surface area contributed by atoms with Crippen LogP contribution in [0.4, 0.5) is 13.2 Å². The van der Waals surface area contributed by atoms with Crippen LogP contribution in [0.25, 0.3) is 10.8 Å². The number of carbonyl (C=O) groups excluding carboxylic acids is 1. The van der Waals surface area contributed by atoms with Gasteiger partial charge in [0.25, 0.3) is 0 Å². The van der Waals surface area contributed by atoms with Gasteiger partial charge in [0.1, 0.15) is 11.8 Å². The van der Waals surface area contributed by atoms with Gasteiger partial charge in [0.05, 0.1) is 12.5 Å². The number of aryl methyl sites for hydroxylation is 1. The average molecular weight is 336 g/mol. The Morgan fingerprint density at radius 1 is 1.25 bits per heavy atom. The molecule has 1 atom stereocenters. The van der Waals surface area contributed by atoms with Gasteiger partial charge in [-0.25, -0.2) is 0 Å². The third-order valence-corrected chi connectivity index (χ3v) is 3.63. The number of alkyl halides is 3. The van der Waals surface area contributed by atoms with E-state index in [4.69, 9.17) is 5.26 Å². The van der Waals surface area contributed by atoms with Gasteiger partial charge in [0.2, 0.25) is 5.91 Å². The van der Waals surface area contributed by atoms with E-state index in [-0.39, 0.29) is 18.6 Å². The molecule has 0 aliphatic rings. The van der Waals surface area contributed by atoms with Crippen molar-refractivity contribution in [3.05, 3.63) is 42.0 Å². The number of carbonyl (C=O) groups is 1. The molecule has 24 heavy (non-hydrogen) atoms. The van der Waals surface area contributed by atoms with Crippen LogP contribution in [0.1, 0.15) is 18.4 Å². The maximum atomic E-state index is 12.7. The van der Waals surface area contributed by atoms with Crippen LogP contribution < -0.4 is 5.32 Å². The predicted octanol–water partition coefficient (Wildman–Crippen LogP) is 3.44. The lowest BCUT2D eigenvalue weighted by Crippen LogP contribution is -2.45. The highest BCUT2D eigenvalue weighted by molar-refractivity contribution is 5.89. The molecule has 0 aliphatic carbocycles. The fourth-order valence-corrected chi connectivity index (χ4v) is 2.36. The summed E-state index contributed by atoms with van der Waals surface area (Å²) in [6.07, 6.45) is -5.63. The second-order valence-corrected chi connectivity index (χ2v) is 5.32. The van der Waals surface area contributed by atoms with E-state index in [0.717, 1.165) is 5.39 Å². The Labute approximate surface area is 136 Å². The van der Waals surface area contributed by atoms with Gasteiger partial charge in [-0.2, -0.15) is 18.4 Å². The molecule has 0 saturated carbocycles. The summed E-state index contributed by atoms with van der Waals surface area (Å²) in [4.78, 5) is 11.7.